The van der Waals surface area contributed by atoms with E-state index in [1.807, 2.05) is 72.8 Å². The molecule has 0 aliphatic heterocycles. The number of carbonyl (C=O) groups is 1. The van der Waals surface area contributed by atoms with E-state index in [0.29, 0.717) is 10.8 Å². The van der Waals surface area contributed by atoms with Crippen LogP contribution < -0.4 is 10.6 Å². The minimum Gasteiger partial charge on any atom is -0.389 e. The number of nitrogens with one attached hydrogen (secondary N) is 2. The maximum Gasteiger partial charge on any atom is 0.261 e. The molecule has 2 heterocycles. The van der Waals surface area contributed by atoms with Crippen LogP contribution in [0.5, 0.6) is 0 Å². The van der Waals surface area contributed by atoms with Crippen molar-refractivity contribution in [2.45, 2.75) is 32.4 Å². The van der Waals surface area contributed by atoms with Gasteiger partial charge < -0.3 is 15.7 Å². The van der Waals surface area contributed by atoms with Crippen LogP contribution in [-0.4, -0.2) is 21.0 Å². The van der Waals surface area contributed by atoms with Gasteiger partial charge in [-0.2, -0.15) is 0 Å². The van der Waals surface area contributed by atoms with E-state index < -0.39 is 6.10 Å². The zero-order valence-corrected chi connectivity index (χ0v) is 19.3. The highest BCUT2D eigenvalue weighted by atomic mass is 32.1. The Labute approximate surface area is 197 Å². The molecule has 2 atom stereocenters. The second-order valence-electron chi connectivity index (χ2n) is 7.70. The fourth-order valence-corrected chi connectivity index (χ4v) is 4.37. The van der Waals surface area contributed by atoms with Crippen molar-refractivity contribution >= 4 is 28.9 Å². The van der Waals surface area contributed by atoms with Gasteiger partial charge in [-0.25, -0.2) is 9.97 Å². The molecule has 0 saturated carbocycles. The Morgan fingerprint density at radius 2 is 1.82 bits per heavy atom. The molecule has 2 aromatic heterocycles. The SMILES string of the molecule is CCC(NC(=O)c1ccc(-c2ccnc(Nc3cccc(C(C)O)c3)n2)s1)c1ccccc1. The minimum absolute atomic E-state index is 0.0310. The summed E-state index contributed by atoms with van der Waals surface area (Å²) in [5.41, 5.74) is 3.43. The molecule has 33 heavy (non-hydrogen) atoms. The average molecular weight is 459 g/mol. The summed E-state index contributed by atoms with van der Waals surface area (Å²) >= 11 is 1.40. The van der Waals surface area contributed by atoms with Crippen molar-refractivity contribution in [1.29, 1.82) is 0 Å². The lowest BCUT2D eigenvalue weighted by molar-refractivity contribution is 0.0939. The number of thiophene rings is 1. The van der Waals surface area contributed by atoms with Crippen molar-refractivity contribution in [3.63, 3.8) is 0 Å². The number of aliphatic hydroxyl groups is 1. The second-order valence-corrected chi connectivity index (χ2v) is 8.78. The van der Waals surface area contributed by atoms with Crippen molar-refractivity contribution in [2.75, 3.05) is 5.32 Å². The smallest absolute Gasteiger partial charge is 0.261 e. The molecular formula is C26H26N4O2S. The normalized spacial score (nSPS) is 12.7. The average Bonchev–Trinajstić information content (AvgIpc) is 3.34. The van der Waals surface area contributed by atoms with E-state index >= 15 is 0 Å². The predicted octanol–water partition coefficient (Wildman–Crippen LogP) is 5.88. The first-order valence-electron chi connectivity index (χ1n) is 10.9. The summed E-state index contributed by atoms with van der Waals surface area (Å²) in [5, 5.41) is 16.1. The highest BCUT2D eigenvalue weighted by Crippen LogP contribution is 2.28. The summed E-state index contributed by atoms with van der Waals surface area (Å²) in [7, 11) is 0. The van der Waals surface area contributed by atoms with E-state index in [-0.39, 0.29) is 11.9 Å². The van der Waals surface area contributed by atoms with Crippen LogP contribution in [0.4, 0.5) is 11.6 Å². The molecular weight excluding hydrogens is 432 g/mol. The Bertz CT molecular complexity index is 1220. The van der Waals surface area contributed by atoms with Crippen molar-refractivity contribution in [2.24, 2.45) is 0 Å². The van der Waals surface area contributed by atoms with E-state index in [1.165, 1.54) is 11.3 Å². The zero-order valence-electron chi connectivity index (χ0n) is 18.5. The van der Waals surface area contributed by atoms with E-state index in [0.717, 1.165) is 33.8 Å². The van der Waals surface area contributed by atoms with Gasteiger partial charge >= 0.3 is 0 Å². The number of nitrogens with zero attached hydrogens (tertiary/aromatic N) is 2. The van der Waals surface area contributed by atoms with Crippen LogP contribution in [-0.2, 0) is 0 Å². The quantitative estimate of drug-likeness (QED) is 0.307. The maximum atomic E-state index is 12.9. The van der Waals surface area contributed by atoms with Gasteiger partial charge in [0.05, 0.1) is 27.6 Å². The molecule has 2 aromatic carbocycles. The highest BCUT2D eigenvalue weighted by molar-refractivity contribution is 7.17. The first kappa shape index (κ1) is 22.6. The van der Waals surface area contributed by atoms with Crippen molar-refractivity contribution in [1.82, 2.24) is 15.3 Å². The summed E-state index contributed by atoms with van der Waals surface area (Å²) in [5.74, 6) is 0.356. The summed E-state index contributed by atoms with van der Waals surface area (Å²) in [6, 6.07) is 23.0. The van der Waals surface area contributed by atoms with Crippen molar-refractivity contribution in [3.8, 4) is 10.6 Å². The Morgan fingerprint density at radius 1 is 1.03 bits per heavy atom. The molecule has 4 rings (SSSR count). The molecule has 7 heteroatoms. The van der Waals surface area contributed by atoms with Crippen molar-refractivity contribution < 1.29 is 9.90 Å². The van der Waals surface area contributed by atoms with Gasteiger partial charge in [-0.3, -0.25) is 4.79 Å². The third-order valence-electron chi connectivity index (χ3n) is 5.28. The Morgan fingerprint density at radius 3 is 2.58 bits per heavy atom. The van der Waals surface area contributed by atoms with Crippen LogP contribution in [0.25, 0.3) is 10.6 Å². The Kier molecular flexibility index (Phi) is 7.12. The number of carbonyl (C=O) groups excluding carboxylic acids is 1. The lowest BCUT2D eigenvalue weighted by Crippen LogP contribution is -2.27. The van der Waals surface area contributed by atoms with Crippen LogP contribution in [0.15, 0.2) is 79.0 Å². The van der Waals surface area contributed by atoms with E-state index in [9.17, 15) is 9.90 Å². The number of anilines is 2. The molecule has 6 nitrogen and oxygen atoms in total. The molecule has 0 radical (unpaired) electrons. The van der Waals surface area contributed by atoms with Gasteiger partial charge in [0, 0.05) is 11.9 Å². The Hall–Kier alpha value is -3.55. The lowest BCUT2D eigenvalue weighted by Gasteiger charge is -2.16. The number of aliphatic hydroxyl groups excluding tert-OH is 1. The van der Waals surface area contributed by atoms with Crippen LogP contribution in [0, 0.1) is 0 Å². The topological polar surface area (TPSA) is 87.1 Å². The van der Waals surface area contributed by atoms with Crippen molar-refractivity contribution in [3.05, 3.63) is 95.0 Å². The number of hydrogen-bond acceptors (Lipinski definition) is 6. The minimum atomic E-state index is -0.552. The fourth-order valence-electron chi connectivity index (χ4n) is 3.49. The number of aromatic nitrogens is 2. The molecule has 0 fully saturated rings. The molecule has 0 aliphatic carbocycles. The van der Waals surface area contributed by atoms with E-state index in [4.69, 9.17) is 0 Å². The number of rotatable bonds is 8. The monoisotopic (exact) mass is 458 g/mol. The third kappa shape index (κ3) is 5.63. The van der Waals surface area contributed by atoms with Gasteiger partial charge in [0.25, 0.3) is 5.91 Å². The third-order valence-corrected chi connectivity index (χ3v) is 6.39. The molecule has 2 unspecified atom stereocenters. The van der Waals surface area contributed by atoms with Gasteiger partial charge in [0.1, 0.15) is 0 Å². The number of hydrogen-bond donors (Lipinski definition) is 3. The van der Waals surface area contributed by atoms with Gasteiger partial charge in [-0.1, -0.05) is 49.4 Å². The molecule has 0 spiro atoms. The summed E-state index contributed by atoms with van der Waals surface area (Å²) in [6.07, 6.45) is 1.94. The van der Waals surface area contributed by atoms with Gasteiger partial charge in [0.15, 0.2) is 0 Å². The van der Waals surface area contributed by atoms with Crippen LogP contribution in [0.1, 0.15) is 53.2 Å². The molecule has 0 bridgehead atoms. The summed E-state index contributed by atoms with van der Waals surface area (Å²) < 4.78 is 0. The van der Waals surface area contributed by atoms with E-state index in [2.05, 4.69) is 27.5 Å². The van der Waals surface area contributed by atoms with Gasteiger partial charge in [-0.05, 0) is 54.8 Å². The predicted molar refractivity (Wildman–Crippen MR) is 133 cm³/mol. The summed E-state index contributed by atoms with van der Waals surface area (Å²) in [6.45, 7) is 3.79. The van der Waals surface area contributed by atoms with Crippen LogP contribution in [0.2, 0.25) is 0 Å². The van der Waals surface area contributed by atoms with Gasteiger partial charge in [-0.15, -0.1) is 11.3 Å². The molecule has 168 valence electrons. The fraction of sp³-hybridized carbons (Fsp3) is 0.192. The van der Waals surface area contributed by atoms with Crippen LogP contribution >= 0.6 is 11.3 Å². The maximum absolute atomic E-state index is 12.9. The number of benzene rings is 2. The summed E-state index contributed by atoms with van der Waals surface area (Å²) in [4.78, 5) is 23.3. The first-order chi connectivity index (χ1) is 16.0. The molecule has 4 aromatic rings. The molecule has 1 amide bonds. The lowest BCUT2D eigenvalue weighted by atomic mass is 10.0. The first-order valence-corrected chi connectivity index (χ1v) is 11.7. The zero-order chi connectivity index (χ0) is 23.2. The van der Waals surface area contributed by atoms with E-state index in [1.54, 1.807) is 13.1 Å². The molecule has 0 saturated heterocycles. The highest BCUT2D eigenvalue weighted by Gasteiger charge is 2.16. The Balaban J connectivity index is 1.48. The van der Waals surface area contributed by atoms with Crippen LogP contribution in [0.3, 0.4) is 0 Å². The second kappa shape index (κ2) is 10.4. The molecule has 3 N–H and O–H groups in total. The van der Waals surface area contributed by atoms with Gasteiger partial charge in [0.2, 0.25) is 5.95 Å². The number of amides is 1. The molecule has 0 aliphatic rings. The standard InChI is InChI=1S/C26H26N4O2S/c1-3-21(18-8-5-4-6-9-18)29-25(32)24-13-12-23(33-24)22-14-15-27-26(30-22)28-20-11-7-10-19(16-20)17(2)31/h4-17,21,31H,3H2,1-2H3,(H,29,32)(H,27,28,30). The largest absolute Gasteiger partial charge is 0.389 e.